The Labute approximate surface area is 107 Å². The van der Waals surface area contributed by atoms with Gasteiger partial charge in [-0.2, -0.15) is 0 Å². The Morgan fingerprint density at radius 3 is 2.28 bits per heavy atom. The lowest BCUT2D eigenvalue weighted by Crippen LogP contribution is -2.45. The largest absolute Gasteiger partial charge is 0.352 e. The molecule has 0 atom stereocenters. The van der Waals surface area contributed by atoms with E-state index < -0.39 is 5.41 Å². The van der Waals surface area contributed by atoms with Crippen LogP contribution in [0.5, 0.6) is 0 Å². The average molecular weight is 246 g/mol. The van der Waals surface area contributed by atoms with Crippen molar-refractivity contribution in [2.24, 2.45) is 5.41 Å². The Morgan fingerprint density at radius 1 is 1.11 bits per heavy atom. The van der Waals surface area contributed by atoms with E-state index in [-0.39, 0.29) is 17.9 Å². The molecule has 18 heavy (non-hydrogen) atoms. The topological polar surface area (TPSA) is 58.2 Å². The van der Waals surface area contributed by atoms with Gasteiger partial charge < -0.3 is 10.6 Å². The van der Waals surface area contributed by atoms with Gasteiger partial charge in [-0.3, -0.25) is 9.59 Å². The molecule has 0 aliphatic heterocycles. The Hall–Kier alpha value is -1.84. The predicted octanol–water partition coefficient (Wildman–Crippen LogP) is 1.93. The number of rotatable bonds is 4. The fourth-order valence-corrected chi connectivity index (χ4v) is 1.51. The van der Waals surface area contributed by atoms with Crippen LogP contribution in [0.15, 0.2) is 30.3 Å². The number of para-hydroxylation sites is 1. The first-order valence-electron chi connectivity index (χ1n) is 6.17. The summed E-state index contributed by atoms with van der Waals surface area (Å²) in [5.41, 5.74) is -0.354. The van der Waals surface area contributed by atoms with E-state index in [9.17, 15) is 9.59 Å². The lowest BCUT2D eigenvalue weighted by Gasteiger charge is -2.22. The molecule has 1 aromatic carbocycles. The van der Waals surface area contributed by atoms with Gasteiger partial charge >= 0.3 is 0 Å². The van der Waals surface area contributed by atoms with Gasteiger partial charge in [0.15, 0.2) is 0 Å². The van der Waals surface area contributed by atoms with Gasteiger partial charge in [0.2, 0.25) is 11.8 Å². The summed E-state index contributed by atoms with van der Waals surface area (Å²) in [5.74, 6) is -0.495. The molecule has 2 N–H and O–H groups in total. The number of amides is 2. The highest BCUT2D eigenvalue weighted by molar-refractivity contribution is 6.09. The molecule has 0 aromatic heterocycles. The molecule has 0 heterocycles. The van der Waals surface area contributed by atoms with E-state index in [1.807, 2.05) is 18.2 Å². The van der Waals surface area contributed by atoms with Crippen LogP contribution in [0.1, 0.15) is 26.7 Å². The van der Waals surface area contributed by atoms with Crippen LogP contribution in [0.3, 0.4) is 0 Å². The normalized spacial score (nSPS) is 15.0. The van der Waals surface area contributed by atoms with Crippen LogP contribution in [-0.2, 0) is 9.59 Å². The van der Waals surface area contributed by atoms with E-state index >= 15 is 0 Å². The first-order chi connectivity index (χ1) is 8.50. The lowest BCUT2D eigenvalue weighted by atomic mass is 9.91. The van der Waals surface area contributed by atoms with Crippen molar-refractivity contribution in [3.05, 3.63) is 30.3 Å². The quantitative estimate of drug-likeness (QED) is 0.797. The zero-order valence-corrected chi connectivity index (χ0v) is 10.7. The summed E-state index contributed by atoms with van der Waals surface area (Å²) in [6.07, 6.45) is 2.03. The molecular weight excluding hydrogens is 228 g/mol. The molecule has 0 saturated heterocycles. The Morgan fingerprint density at radius 2 is 1.72 bits per heavy atom. The van der Waals surface area contributed by atoms with Gasteiger partial charge in [0.1, 0.15) is 5.41 Å². The molecule has 2 rings (SSSR count). The number of benzene rings is 1. The highest BCUT2D eigenvalue weighted by Crippen LogP contribution is 2.24. The summed E-state index contributed by atoms with van der Waals surface area (Å²) >= 11 is 0. The second-order valence-electron chi connectivity index (χ2n) is 5.19. The van der Waals surface area contributed by atoms with Crippen molar-refractivity contribution in [1.82, 2.24) is 5.32 Å². The Kier molecular flexibility index (Phi) is 3.36. The maximum Gasteiger partial charge on any atom is 0.239 e. The van der Waals surface area contributed by atoms with E-state index in [2.05, 4.69) is 10.6 Å². The first kappa shape index (κ1) is 12.6. The highest BCUT2D eigenvalue weighted by atomic mass is 16.2. The number of hydrogen-bond acceptors (Lipinski definition) is 2. The summed E-state index contributed by atoms with van der Waals surface area (Å²) in [6.45, 7) is 3.28. The molecule has 1 aliphatic carbocycles. The zero-order valence-electron chi connectivity index (χ0n) is 10.7. The van der Waals surface area contributed by atoms with E-state index in [1.54, 1.807) is 26.0 Å². The number of nitrogens with one attached hydrogen (secondary N) is 2. The molecule has 96 valence electrons. The Balaban J connectivity index is 1.99. The molecule has 4 nitrogen and oxygen atoms in total. The van der Waals surface area contributed by atoms with Gasteiger partial charge in [0.05, 0.1) is 0 Å². The molecule has 0 bridgehead atoms. The van der Waals surface area contributed by atoms with Crippen molar-refractivity contribution in [2.45, 2.75) is 32.7 Å². The summed E-state index contributed by atoms with van der Waals surface area (Å²) in [7, 11) is 0. The molecule has 1 aliphatic rings. The maximum absolute atomic E-state index is 12.1. The zero-order chi connectivity index (χ0) is 13.2. The SMILES string of the molecule is CC(C)(C(=O)Nc1ccccc1)C(=O)NC1CC1. The fraction of sp³-hybridized carbons (Fsp3) is 0.429. The second kappa shape index (κ2) is 4.80. The van der Waals surface area contributed by atoms with Gasteiger partial charge in [-0.25, -0.2) is 0 Å². The summed E-state index contributed by atoms with van der Waals surface area (Å²) in [4.78, 5) is 24.1. The minimum absolute atomic E-state index is 0.210. The monoisotopic (exact) mass is 246 g/mol. The predicted molar refractivity (Wildman–Crippen MR) is 70.0 cm³/mol. The maximum atomic E-state index is 12.1. The van der Waals surface area contributed by atoms with Crippen molar-refractivity contribution in [3.8, 4) is 0 Å². The van der Waals surface area contributed by atoms with Crippen LogP contribution in [0.25, 0.3) is 0 Å². The standard InChI is InChI=1S/C14H18N2O2/c1-14(2,13(18)16-11-8-9-11)12(17)15-10-6-4-3-5-7-10/h3-7,11H,8-9H2,1-2H3,(H,15,17)(H,16,18). The number of anilines is 1. The van der Waals surface area contributed by atoms with E-state index in [0.29, 0.717) is 5.69 Å². The number of hydrogen-bond donors (Lipinski definition) is 2. The second-order valence-corrected chi connectivity index (χ2v) is 5.19. The lowest BCUT2D eigenvalue weighted by molar-refractivity contribution is -0.138. The molecule has 1 saturated carbocycles. The number of carbonyl (C=O) groups is 2. The van der Waals surface area contributed by atoms with Crippen molar-refractivity contribution in [1.29, 1.82) is 0 Å². The van der Waals surface area contributed by atoms with Crippen LogP contribution in [0, 0.1) is 5.41 Å². The van der Waals surface area contributed by atoms with E-state index in [4.69, 9.17) is 0 Å². The van der Waals surface area contributed by atoms with Crippen molar-refractivity contribution in [2.75, 3.05) is 5.32 Å². The molecule has 4 heteroatoms. The smallest absolute Gasteiger partial charge is 0.239 e. The van der Waals surface area contributed by atoms with Crippen molar-refractivity contribution >= 4 is 17.5 Å². The summed E-state index contributed by atoms with van der Waals surface area (Å²) < 4.78 is 0. The molecule has 2 amide bonds. The van der Waals surface area contributed by atoms with Crippen LogP contribution >= 0.6 is 0 Å². The van der Waals surface area contributed by atoms with Crippen LogP contribution in [0.4, 0.5) is 5.69 Å². The first-order valence-corrected chi connectivity index (χ1v) is 6.17. The van der Waals surface area contributed by atoms with Crippen LogP contribution < -0.4 is 10.6 Å². The average Bonchev–Trinajstić information content (AvgIpc) is 3.14. The summed E-state index contributed by atoms with van der Waals surface area (Å²) in [5, 5.41) is 5.62. The third kappa shape index (κ3) is 2.88. The highest BCUT2D eigenvalue weighted by Gasteiger charge is 2.38. The Bertz CT molecular complexity index is 450. The van der Waals surface area contributed by atoms with Gasteiger partial charge in [-0.15, -0.1) is 0 Å². The van der Waals surface area contributed by atoms with Gasteiger partial charge in [-0.1, -0.05) is 18.2 Å². The van der Waals surface area contributed by atoms with Crippen molar-refractivity contribution in [3.63, 3.8) is 0 Å². The molecule has 1 fully saturated rings. The third-order valence-corrected chi connectivity index (χ3v) is 3.08. The molecule has 0 radical (unpaired) electrons. The van der Waals surface area contributed by atoms with E-state index in [0.717, 1.165) is 12.8 Å². The van der Waals surface area contributed by atoms with Gasteiger partial charge in [-0.05, 0) is 38.8 Å². The minimum Gasteiger partial charge on any atom is -0.352 e. The van der Waals surface area contributed by atoms with Crippen molar-refractivity contribution < 1.29 is 9.59 Å². The van der Waals surface area contributed by atoms with Crippen LogP contribution in [0.2, 0.25) is 0 Å². The molecular formula is C14H18N2O2. The minimum atomic E-state index is -1.06. The molecule has 0 unspecified atom stereocenters. The van der Waals surface area contributed by atoms with Gasteiger partial charge in [0, 0.05) is 11.7 Å². The third-order valence-electron chi connectivity index (χ3n) is 3.08. The summed E-state index contributed by atoms with van der Waals surface area (Å²) in [6, 6.07) is 9.42. The van der Waals surface area contributed by atoms with E-state index in [1.165, 1.54) is 0 Å². The molecule has 1 aromatic rings. The number of carbonyl (C=O) groups excluding carboxylic acids is 2. The molecule has 0 spiro atoms. The van der Waals surface area contributed by atoms with Gasteiger partial charge in [0.25, 0.3) is 0 Å². The fourth-order valence-electron chi connectivity index (χ4n) is 1.51. The van der Waals surface area contributed by atoms with Crippen LogP contribution in [-0.4, -0.2) is 17.9 Å².